The Kier molecular flexibility index (Phi) is 7.18. The van der Waals surface area contributed by atoms with Crippen molar-refractivity contribution in [3.05, 3.63) is 54.1 Å². The maximum Gasteiger partial charge on any atom is 0.243 e. The quantitative estimate of drug-likeness (QED) is 0.718. The van der Waals surface area contributed by atoms with Gasteiger partial charge in [-0.05, 0) is 24.3 Å². The number of amides is 2. The zero-order valence-electron chi connectivity index (χ0n) is 16.7. The molecule has 9 heteroatoms. The van der Waals surface area contributed by atoms with Crippen LogP contribution in [0, 0.1) is 11.6 Å². The van der Waals surface area contributed by atoms with E-state index in [4.69, 9.17) is 4.74 Å². The first-order chi connectivity index (χ1) is 14.4. The first kappa shape index (κ1) is 21.5. The number of anilines is 2. The first-order valence-electron chi connectivity index (χ1n) is 9.57. The fraction of sp³-hybridized carbons (Fsp3) is 0.333. The van der Waals surface area contributed by atoms with Crippen molar-refractivity contribution in [2.45, 2.75) is 0 Å². The number of carbonyl (C=O) groups is 2. The van der Waals surface area contributed by atoms with Crippen LogP contribution in [0.4, 0.5) is 20.2 Å². The Labute approximate surface area is 173 Å². The average Bonchev–Trinajstić information content (AvgIpc) is 2.75. The molecule has 3 rings (SSSR count). The van der Waals surface area contributed by atoms with Crippen molar-refractivity contribution in [3.63, 3.8) is 0 Å². The normalized spacial score (nSPS) is 14.3. The summed E-state index contributed by atoms with van der Waals surface area (Å²) in [5.74, 6) is -2.03. The molecule has 1 aliphatic heterocycles. The molecule has 1 fully saturated rings. The molecule has 0 aromatic heterocycles. The number of benzene rings is 2. The second kappa shape index (κ2) is 10.0. The molecule has 2 amide bonds. The number of nitrogens with one attached hydrogen (secondary N) is 2. The zero-order chi connectivity index (χ0) is 21.5. The number of nitrogens with zero attached hydrogens (tertiary/aromatic N) is 2. The summed E-state index contributed by atoms with van der Waals surface area (Å²) in [4.78, 5) is 28.3. The van der Waals surface area contributed by atoms with Crippen molar-refractivity contribution >= 4 is 23.2 Å². The Morgan fingerprint density at radius 3 is 2.47 bits per heavy atom. The van der Waals surface area contributed by atoms with Crippen LogP contribution in [0.25, 0.3) is 0 Å². The van der Waals surface area contributed by atoms with E-state index in [-0.39, 0.29) is 24.7 Å². The molecule has 0 unspecified atom stereocenters. The molecule has 2 N–H and O–H groups in total. The van der Waals surface area contributed by atoms with Crippen LogP contribution in [0.2, 0.25) is 0 Å². The summed E-state index contributed by atoms with van der Waals surface area (Å²) in [5, 5.41) is 4.95. The van der Waals surface area contributed by atoms with Gasteiger partial charge in [0.2, 0.25) is 11.8 Å². The average molecular weight is 418 g/mol. The summed E-state index contributed by atoms with van der Waals surface area (Å²) >= 11 is 0. The predicted octanol–water partition coefficient (Wildman–Crippen LogP) is 1.85. The van der Waals surface area contributed by atoms with E-state index in [1.54, 1.807) is 7.11 Å². The number of halogens is 2. The van der Waals surface area contributed by atoms with Crippen LogP contribution in [0.15, 0.2) is 42.5 Å². The lowest BCUT2D eigenvalue weighted by Crippen LogP contribution is -2.50. The summed E-state index contributed by atoms with van der Waals surface area (Å²) < 4.78 is 31.3. The highest BCUT2D eigenvalue weighted by atomic mass is 19.2. The van der Waals surface area contributed by atoms with Crippen LogP contribution < -0.4 is 20.3 Å². The fourth-order valence-corrected chi connectivity index (χ4v) is 3.19. The van der Waals surface area contributed by atoms with Crippen molar-refractivity contribution in [2.24, 2.45) is 0 Å². The topological polar surface area (TPSA) is 73.9 Å². The maximum atomic E-state index is 13.2. The highest BCUT2D eigenvalue weighted by molar-refractivity contribution is 5.94. The Bertz CT molecular complexity index is 902. The lowest BCUT2D eigenvalue weighted by atomic mass is 10.2. The number of ether oxygens (including phenoxy) is 1. The van der Waals surface area contributed by atoms with Gasteiger partial charge in [-0.1, -0.05) is 6.07 Å². The van der Waals surface area contributed by atoms with Gasteiger partial charge in [0, 0.05) is 49.7 Å². The molecular formula is C21H24F2N4O3. The van der Waals surface area contributed by atoms with Gasteiger partial charge in [0.1, 0.15) is 5.75 Å². The van der Waals surface area contributed by atoms with Crippen LogP contribution >= 0.6 is 0 Å². The summed E-state index contributed by atoms with van der Waals surface area (Å²) in [6.07, 6.45) is 0. The Balaban J connectivity index is 1.39. The van der Waals surface area contributed by atoms with Crippen LogP contribution in [-0.4, -0.2) is 63.1 Å². The van der Waals surface area contributed by atoms with Crippen LogP contribution in [0.3, 0.4) is 0 Å². The molecule has 2 aromatic carbocycles. The van der Waals surface area contributed by atoms with Gasteiger partial charge in [0.15, 0.2) is 11.6 Å². The minimum Gasteiger partial charge on any atom is -0.497 e. The van der Waals surface area contributed by atoms with E-state index in [0.717, 1.165) is 36.7 Å². The van der Waals surface area contributed by atoms with Crippen molar-refractivity contribution < 1.29 is 23.1 Å². The molecule has 7 nitrogen and oxygen atoms in total. The highest BCUT2D eigenvalue weighted by Crippen LogP contribution is 2.22. The van der Waals surface area contributed by atoms with Crippen molar-refractivity contribution in [2.75, 3.05) is 56.6 Å². The van der Waals surface area contributed by atoms with E-state index in [1.165, 1.54) is 6.07 Å². The summed E-state index contributed by atoms with van der Waals surface area (Å²) in [5.41, 5.74) is 1.20. The summed E-state index contributed by atoms with van der Waals surface area (Å²) in [6.45, 7) is 2.91. The molecule has 0 aliphatic carbocycles. The molecule has 160 valence electrons. The zero-order valence-corrected chi connectivity index (χ0v) is 16.7. The lowest BCUT2D eigenvalue weighted by molar-refractivity contribution is -0.125. The second-order valence-corrected chi connectivity index (χ2v) is 6.92. The largest absolute Gasteiger partial charge is 0.497 e. The van der Waals surface area contributed by atoms with Crippen LogP contribution in [0.1, 0.15) is 0 Å². The van der Waals surface area contributed by atoms with Gasteiger partial charge in [0.05, 0.1) is 20.2 Å². The van der Waals surface area contributed by atoms with E-state index in [1.807, 2.05) is 29.2 Å². The van der Waals surface area contributed by atoms with E-state index < -0.39 is 17.5 Å². The number of rotatable bonds is 7. The van der Waals surface area contributed by atoms with Crippen LogP contribution in [0.5, 0.6) is 5.75 Å². The molecule has 0 spiro atoms. The molecule has 0 atom stereocenters. The second-order valence-electron chi connectivity index (χ2n) is 6.92. The molecule has 1 aliphatic rings. The van der Waals surface area contributed by atoms with Crippen molar-refractivity contribution in [1.82, 2.24) is 10.2 Å². The minimum absolute atomic E-state index is 0.127. The van der Waals surface area contributed by atoms with E-state index >= 15 is 0 Å². The SMILES string of the molecule is COc1cccc(N2CCN(CC(=O)NCC(=O)Nc3ccc(F)c(F)c3)CC2)c1. The van der Waals surface area contributed by atoms with Crippen molar-refractivity contribution in [1.29, 1.82) is 0 Å². The maximum absolute atomic E-state index is 13.2. The third kappa shape index (κ3) is 5.90. The predicted molar refractivity (Wildman–Crippen MR) is 110 cm³/mol. The summed E-state index contributed by atoms with van der Waals surface area (Å²) in [6, 6.07) is 10.9. The molecule has 1 heterocycles. The van der Waals surface area contributed by atoms with E-state index in [2.05, 4.69) is 15.5 Å². The molecular weight excluding hydrogens is 394 g/mol. The van der Waals surface area contributed by atoms with Crippen molar-refractivity contribution in [3.8, 4) is 5.75 Å². The van der Waals surface area contributed by atoms with Gasteiger partial charge < -0.3 is 20.3 Å². The van der Waals surface area contributed by atoms with E-state index in [9.17, 15) is 18.4 Å². The number of piperazine rings is 1. The van der Waals surface area contributed by atoms with Gasteiger partial charge in [-0.3, -0.25) is 14.5 Å². The smallest absolute Gasteiger partial charge is 0.243 e. The Hall–Kier alpha value is -3.20. The van der Waals surface area contributed by atoms with Gasteiger partial charge >= 0.3 is 0 Å². The third-order valence-electron chi connectivity index (χ3n) is 4.81. The minimum atomic E-state index is -1.05. The van der Waals surface area contributed by atoms with Gasteiger partial charge in [-0.15, -0.1) is 0 Å². The summed E-state index contributed by atoms with van der Waals surface area (Å²) in [7, 11) is 1.63. The molecule has 2 aromatic rings. The van der Waals surface area contributed by atoms with Gasteiger partial charge in [0.25, 0.3) is 0 Å². The highest BCUT2D eigenvalue weighted by Gasteiger charge is 2.19. The number of hydrogen-bond donors (Lipinski definition) is 2. The van der Waals surface area contributed by atoms with Gasteiger partial charge in [-0.2, -0.15) is 0 Å². The monoisotopic (exact) mass is 418 g/mol. The Morgan fingerprint density at radius 2 is 1.77 bits per heavy atom. The number of carbonyl (C=O) groups excluding carboxylic acids is 2. The molecule has 0 bridgehead atoms. The molecule has 0 saturated carbocycles. The Morgan fingerprint density at radius 1 is 1.00 bits per heavy atom. The van der Waals surface area contributed by atoms with Gasteiger partial charge in [-0.25, -0.2) is 8.78 Å². The first-order valence-corrected chi connectivity index (χ1v) is 9.57. The third-order valence-corrected chi connectivity index (χ3v) is 4.81. The van der Waals surface area contributed by atoms with Crippen LogP contribution in [-0.2, 0) is 9.59 Å². The fourth-order valence-electron chi connectivity index (χ4n) is 3.19. The molecule has 1 saturated heterocycles. The molecule has 0 radical (unpaired) electrons. The van der Waals surface area contributed by atoms with E-state index in [0.29, 0.717) is 13.1 Å². The number of methoxy groups -OCH3 is 1. The molecule has 30 heavy (non-hydrogen) atoms. The number of hydrogen-bond acceptors (Lipinski definition) is 5. The lowest BCUT2D eigenvalue weighted by Gasteiger charge is -2.35. The standard InChI is InChI=1S/C21H24F2N4O3/c1-30-17-4-2-3-16(12-17)27-9-7-26(8-10-27)14-21(29)24-13-20(28)25-15-5-6-18(22)19(23)11-15/h2-6,11-12H,7-10,13-14H2,1H3,(H,24,29)(H,25,28).